The first-order valence-corrected chi connectivity index (χ1v) is 17.6. The fraction of sp³-hybridized carbons (Fsp3) is 0.0196. The molecule has 2 aliphatic rings. The molecule has 10 rings (SSSR count). The van der Waals surface area contributed by atoms with Gasteiger partial charge in [0.05, 0.1) is 0 Å². The number of hydrogen-bond acceptors (Lipinski definition) is 0. The van der Waals surface area contributed by atoms with Gasteiger partial charge in [-0.2, -0.15) is 0 Å². The normalized spacial score (nSPS) is 13.2. The van der Waals surface area contributed by atoms with Gasteiger partial charge < -0.3 is 0 Å². The second-order valence-electron chi connectivity index (χ2n) is 13.6. The number of hydrogen-bond donors (Lipinski definition) is 0. The first-order chi connectivity index (χ1) is 25.1. The summed E-state index contributed by atoms with van der Waals surface area (Å²) in [5.41, 5.74) is 16.9. The van der Waals surface area contributed by atoms with Crippen LogP contribution in [0.15, 0.2) is 171 Å². The smallest absolute Gasteiger partial charge is 0.000785 e. The molecule has 0 aromatic heterocycles. The second kappa shape index (κ2) is 11.0. The maximum absolute atomic E-state index is 4.62. The third-order valence-corrected chi connectivity index (χ3v) is 11.1. The van der Waals surface area contributed by atoms with Gasteiger partial charge in [-0.15, -0.1) is 0 Å². The highest BCUT2D eigenvalue weighted by atomic mass is 14.3. The Balaban J connectivity index is 1.28. The van der Waals surface area contributed by atoms with E-state index in [2.05, 4.69) is 166 Å². The van der Waals surface area contributed by atoms with E-state index >= 15 is 0 Å². The van der Waals surface area contributed by atoms with Crippen LogP contribution < -0.4 is 0 Å². The first kappa shape index (κ1) is 29.4. The summed E-state index contributed by atoms with van der Waals surface area (Å²) in [6.07, 6.45) is 8.23. The van der Waals surface area contributed by atoms with Crippen LogP contribution in [0.3, 0.4) is 0 Å². The lowest BCUT2D eigenvalue weighted by Gasteiger charge is -2.19. The largest absolute Gasteiger partial charge is 0.0984 e. The zero-order chi connectivity index (χ0) is 34.4. The predicted molar refractivity (Wildman–Crippen MR) is 223 cm³/mol. The summed E-state index contributed by atoms with van der Waals surface area (Å²) in [6.45, 7) is 15.2. The summed E-state index contributed by atoms with van der Waals surface area (Å²) in [5, 5.41) is 10.0. The molecule has 0 saturated carbocycles. The average Bonchev–Trinajstić information content (AvgIpc) is 3.65. The third kappa shape index (κ3) is 3.96. The maximum Gasteiger partial charge on any atom is -0.000785 e. The SMILES string of the molecule is C=CC1=C(/C=C\C)C(=C)c2c1c(-c1ccc3ccc(-c4c5c6c(cccc6c6ccccc46)-c4ccccc4-5)cc3c1)c1ccccc1c2C=C. The van der Waals surface area contributed by atoms with Crippen LogP contribution in [0.25, 0.3) is 105 Å². The van der Waals surface area contributed by atoms with Gasteiger partial charge in [-0.1, -0.05) is 159 Å². The molecule has 0 N–H and O–H groups in total. The van der Waals surface area contributed by atoms with Crippen molar-refractivity contribution in [3.05, 3.63) is 188 Å². The second-order valence-corrected chi connectivity index (χ2v) is 13.6. The number of benzene rings is 8. The Hall–Kier alpha value is -6.50. The molecular formula is C51H34. The van der Waals surface area contributed by atoms with Gasteiger partial charge in [0.2, 0.25) is 0 Å². The minimum Gasteiger partial charge on any atom is -0.0984 e. The van der Waals surface area contributed by atoms with E-state index in [1.807, 2.05) is 12.2 Å². The van der Waals surface area contributed by atoms with Crippen molar-refractivity contribution in [2.45, 2.75) is 6.92 Å². The molecule has 0 saturated heterocycles. The highest BCUT2D eigenvalue weighted by Crippen LogP contribution is 2.55. The van der Waals surface area contributed by atoms with Crippen molar-refractivity contribution in [3.8, 4) is 44.5 Å². The van der Waals surface area contributed by atoms with Crippen molar-refractivity contribution in [1.29, 1.82) is 0 Å². The van der Waals surface area contributed by atoms with Crippen LogP contribution in [0.4, 0.5) is 0 Å². The van der Waals surface area contributed by atoms with Gasteiger partial charge in [0, 0.05) is 0 Å². The number of allylic oxidation sites excluding steroid dienone is 6. The summed E-state index contributed by atoms with van der Waals surface area (Å²) in [4.78, 5) is 0. The molecule has 0 atom stereocenters. The van der Waals surface area contributed by atoms with Crippen molar-refractivity contribution in [2.75, 3.05) is 0 Å². The van der Waals surface area contributed by atoms with Gasteiger partial charge in [-0.05, 0) is 140 Å². The summed E-state index contributed by atoms with van der Waals surface area (Å²) in [7, 11) is 0. The van der Waals surface area contributed by atoms with Crippen LogP contribution in [0.5, 0.6) is 0 Å². The van der Waals surface area contributed by atoms with E-state index in [1.165, 1.54) is 93.2 Å². The molecule has 0 unspecified atom stereocenters. The summed E-state index contributed by atoms with van der Waals surface area (Å²) in [5.74, 6) is 0. The minimum atomic E-state index is 1.02. The zero-order valence-electron chi connectivity index (χ0n) is 28.6. The molecular weight excluding hydrogens is 613 g/mol. The molecule has 8 aromatic rings. The van der Waals surface area contributed by atoms with Crippen molar-refractivity contribution in [1.82, 2.24) is 0 Å². The average molecular weight is 647 g/mol. The molecule has 2 aliphatic carbocycles. The predicted octanol–water partition coefficient (Wildman–Crippen LogP) is 14.5. The summed E-state index contributed by atoms with van der Waals surface area (Å²) >= 11 is 0. The van der Waals surface area contributed by atoms with Crippen LogP contribution in [0.2, 0.25) is 0 Å². The molecule has 0 heterocycles. The molecule has 0 nitrogen and oxygen atoms in total. The molecule has 8 aromatic carbocycles. The Morgan fingerprint density at radius 3 is 1.73 bits per heavy atom. The molecule has 0 heteroatoms. The van der Waals surface area contributed by atoms with E-state index in [9.17, 15) is 0 Å². The van der Waals surface area contributed by atoms with Gasteiger partial charge in [0.15, 0.2) is 0 Å². The molecule has 0 bridgehead atoms. The van der Waals surface area contributed by atoms with Crippen molar-refractivity contribution < 1.29 is 0 Å². The zero-order valence-corrected chi connectivity index (χ0v) is 28.6. The highest BCUT2D eigenvalue weighted by molar-refractivity contribution is 6.29. The quantitative estimate of drug-likeness (QED) is 0.163. The molecule has 0 spiro atoms. The molecule has 0 amide bonds. The van der Waals surface area contributed by atoms with Crippen molar-refractivity contribution >= 4 is 60.3 Å². The van der Waals surface area contributed by atoms with Gasteiger partial charge in [0.1, 0.15) is 0 Å². The fourth-order valence-corrected chi connectivity index (χ4v) is 9.09. The molecule has 0 radical (unpaired) electrons. The molecule has 0 fully saturated rings. The Bertz CT molecular complexity index is 2960. The van der Waals surface area contributed by atoms with E-state index in [-0.39, 0.29) is 0 Å². The third-order valence-electron chi connectivity index (χ3n) is 11.1. The standard InChI is InChI=1S/C51H34/c1-5-15-37-30(4)46-36(7-3)38-16-8-11-19-41(38)47(50(46)35(37)6-2)32-26-24-31-25-27-33(29-34(31)28-32)48-42-20-12-9-17-39(42)43-22-14-23-44-40-18-10-13-21-45(40)51(48)49(43)44/h5-29H,2-4H2,1H3/b15-5-. The Labute approximate surface area is 298 Å². The minimum absolute atomic E-state index is 1.02. The summed E-state index contributed by atoms with van der Waals surface area (Å²) < 4.78 is 0. The Morgan fingerprint density at radius 2 is 1.04 bits per heavy atom. The lowest BCUT2D eigenvalue weighted by molar-refractivity contribution is 1.59. The lowest BCUT2D eigenvalue weighted by Crippen LogP contribution is -1.96. The van der Waals surface area contributed by atoms with E-state index < -0.39 is 0 Å². The molecule has 0 aliphatic heterocycles. The fourth-order valence-electron chi connectivity index (χ4n) is 9.09. The topological polar surface area (TPSA) is 0 Å². The highest BCUT2D eigenvalue weighted by Gasteiger charge is 2.30. The monoisotopic (exact) mass is 646 g/mol. The van der Waals surface area contributed by atoms with E-state index in [4.69, 9.17) is 0 Å². The van der Waals surface area contributed by atoms with Crippen LogP contribution in [-0.4, -0.2) is 0 Å². The Kier molecular flexibility index (Phi) is 6.35. The number of rotatable bonds is 5. The molecule has 51 heavy (non-hydrogen) atoms. The van der Waals surface area contributed by atoms with Gasteiger partial charge in [0.25, 0.3) is 0 Å². The van der Waals surface area contributed by atoms with Crippen LogP contribution in [-0.2, 0) is 0 Å². The van der Waals surface area contributed by atoms with Gasteiger partial charge in [-0.3, -0.25) is 0 Å². The van der Waals surface area contributed by atoms with Crippen LogP contribution in [0, 0.1) is 0 Å². The summed E-state index contributed by atoms with van der Waals surface area (Å²) in [6, 6.07) is 47.2. The first-order valence-electron chi connectivity index (χ1n) is 17.6. The lowest BCUT2D eigenvalue weighted by atomic mass is 9.83. The van der Waals surface area contributed by atoms with E-state index in [0.717, 1.165) is 27.8 Å². The van der Waals surface area contributed by atoms with Gasteiger partial charge >= 0.3 is 0 Å². The van der Waals surface area contributed by atoms with E-state index in [0.29, 0.717) is 0 Å². The molecule has 238 valence electrons. The number of fused-ring (bicyclic) bond motifs is 8. The maximum atomic E-state index is 4.62. The van der Waals surface area contributed by atoms with Crippen LogP contribution in [0.1, 0.15) is 23.6 Å². The van der Waals surface area contributed by atoms with E-state index in [1.54, 1.807) is 0 Å². The van der Waals surface area contributed by atoms with Crippen molar-refractivity contribution in [3.63, 3.8) is 0 Å². The van der Waals surface area contributed by atoms with Gasteiger partial charge in [-0.25, -0.2) is 0 Å². The Morgan fingerprint density at radius 1 is 0.451 bits per heavy atom. The van der Waals surface area contributed by atoms with Crippen molar-refractivity contribution in [2.24, 2.45) is 0 Å². The van der Waals surface area contributed by atoms with Crippen LogP contribution >= 0.6 is 0 Å².